The minimum Gasteiger partial charge on any atom is -0.366 e. The number of hydrogen-bond acceptors (Lipinski definition) is 4. The summed E-state index contributed by atoms with van der Waals surface area (Å²) >= 11 is 0. The van der Waals surface area contributed by atoms with Crippen molar-refractivity contribution in [1.82, 2.24) is 4.98 Å². The average Bonchev–Trinajstić information content (AvgIpc) is 2.36. The van der Waals surface area contributed by atoms with Gasteiger partial charge in [0.05, 0.1) is 4.90 Å². The second kappa shape index (κ2) is 5.38. The van der Waals surface area contributed by atoms with Crippen LogP contribution in [0.5, 0.6) is 0 Å². The Morgan fingerprint density at radius 3 is 2.63 bits per heavy atom. The van der Waals surface area contributed by atoms with Crippen LogP contribution in [0.25, 0.3) is 0 Å². The predicted molar refractivity (Wildman–Crippen MR) is 74.1 cm³/mol. The zero-order valence-electron chi connectivity index (χ0n) is 10.5. The Hall–Kier alpha value is -1.92. The van der Waals surface area contributed by atoms with Gasteiger partial charge < -0.3 is 5.32 Å². The van der Waals surface area contributed by atoms with Crippen molar-refractivity contribution in [3.63, 3.8) is 0 Å². The van der Waals surface area contributed by atoms with Gasteiger partial charge in [0.2, 0.25) is 10.0 Å². The third kappa shape index (κ3) is 3.77. The first-order valence-electron chi connectivity index (χ1n) is 5.74. The van der Waals surface area contributed by atoms with Crippen LogP contribution in [0.1, 0.15) is 11.3 Å². The molecule has 0 bridgehead atoms. The largest absolute Gasteiger partial charge is 0.366 e. The quantitative estimate of drug-likeness (QED) is 0.889. The number of primary sulfonamides is 1. The van der Waals surface area contributed by atoms with Crippen LogP contribution < -0.4 is 10.5 Å². The maximum absolute atomic E-state index is 11.2. The monoisotopic (exact) mass is 277 g/mol. The topological polar surface area (TPSA) is 85.1 Å². The van der Waals surface area contributed by atoms with Crippen LogP contribution >= 0.6 is 0 Å². The Morgan fingerprint density at radius 1 is 1.21 bits per heavy atom. The summed E-state index contributed by atoms with van der Waals surface area (Å²) in [4.78, 5) is 4.42. The molecule has 5 nitrogen and oxygen atoms in total. The number of benzene rings is 1. The zero-order chi connectivity index (χ0) is 13.9. The highest BCUT2D eigenvalue weighted by atomic mass is 32.2. The Morgan fingerprint density at radius 2 is 1.95 bits per heavy atom. The molecule has 100 valence electrons. The second-order valence-corrected chi connectivity index (χ2v) is 5.77. The number of aromatic nitrogens is 1. The third-order valence-corrected chi connectivity index (χ3v) is 3.50. The van der Waals surface area contributed by atoms with Crippen LogP contribution in [0.15, 0.2) is 47.4 Å². The Kier molecular flexibility index (Phi) is 3.82. The first-order valence-corrected chi connectivity index (χ1v) is 7.29. The summed E-state index contributed by atoms with van der Waals surface area (Å²) < 4.78 is 22.5. The van der Waals surface area contributed by atoms with E-state index in [0.29, 0.717) is 6.54 Å². The van der Waals surface area contributed by atoms with Gasteiger partial charge >= 0.3 is 0 Å². The molecule has 1 aromatic carbocycles. The van der Waals surface area contributed by atoms with Crippen LogP contribution in [-0.4, -0.2) is 13.4 Å². The fourth-order valence-corrected chi connectivity index (χ4v) is 2.25. The fourth-order valence-electron chi connectivity index (χ4n) is 1.67. The first kappa shape index (κ1) is 13.5. The van der Waals surface area contributed by atoms with Gasteiger partial charge in [-0.25, -0.2) is 18.5 Å². The highest BCUT2D eigenvalue weighted by Crippen LogP contribution is 2.12. The molecule has 0 saturated carbocycles. The molecule has 0 saturated heterocycles. The van der Waals surface area contributed by atoms with Crippen molar-refractivity contribution in [3.8, 4) is 0 Å². The zero-order valence-corrected chi connectivity index (χ0v) is 11.3. The molecule has 0 fully saturated rings. The van der Waals surface area contributed by atoms with Gasteiger partial charge in [0.15, 0.2) is 0 Å². The van der Waals surface area contributed by atoms with E-state index in [1.807, 2.05) is 31.2 Å². The number of nitrogens with zero attached hydrogens (tertiary/aromatic N) is 1. The van der Waals surface area contributed by atoms with Crippen LogP contribution in [0.2, 0.25) is 0 Å². The van der Waals surface area contributed by atoms with Gasteiger partial charge in [-0.05, 0) is 36.8 Å². The average molecular weight is 277 g/mol. The molecule has 0 spiro atoms. The molecule has 0 unspecified atom stereocenters. The number of nitrogens with two attached hydrogens (primary N) is 1. The summed E-state index contributed by atoms with van der Waals surface area (Å²) in [5.74, 6) is 0.751. The molecule has 6 heteroatoms. The number of nitrogens with one attached hydrogen (secondary N) is 1. The molecular formula is C13H15N3O2S. The van der Waals surface area contributed by atoms with E-state index < -0.39 is 10.0 Å². The molecule has 0 amide bonds. The molecule has 19 heavy (non-hydrogen) atoms. The molecule has 1 heterocycles. The van der Waals surface area contributed by atoms with E-state index >= 15 is 0 Å². The van der Waals surface area contributed by atoms with Crippen molar-refractivity contribution in [2.45, 2.75) is 18.4 Å². The lowest BCUT2D eigenvalue weighted by molar-refractivity contribution is 0.597. The molecule has 0 radical (unpaired) electrons. The highest BCUT2D eigenvalue weighted by molar-refractivity contribution is 7.89. The third-order valence-electron chi connectivity index (χ3n) is 2.59. The van der Waals surface area contributed by atoms with Gasteiger partial charge in [0.1, 0.15) is 5.82 Å². The molecule has 0 aliphatic heterocycles. The van der Waals surface area contributed by atoms with E-state index in [9.17, 15) is 8.42 Å². The van der Waals surface area contributed by atoms with E-state index in [1.165, 1.54) is 6.07 Å². The molecule has 3 N–H and O–H groups in total. The smallest absolute Gasteiger partial charge is 0.238 e. The Balaban J connectivity index is 2.12. The number of rotatable bonds is 4. The van der Waals surface area contributed by atoms with E-state index in [4.69, 9.17) is 5.14 Å². The molecule has 2 aromatic rings. The number of aryl methyl sites for hydroxylation is 1. The predicted octanol–water partition coefficient (Wildman–Crippen LogP) is 1.65. The van der Waals surface area contributed by atoms with Crippen LogP contribution in [0.3, 0.4) is 0 Å². The van der Waals surface area contributed by atoms with Crippen LogP contribution in [0, 0.1) is 6.92 Å². The summed E-state index contributed by atoms with van der Waals surface area (Å²) in [5.41, 5.74) is 1.75. The van der Waals surface area contributed by atoms with Gasteiger partial charge in [-0.1, -0.05) is 18.2 Å². The molecule has 0 aliphatic carbocycles. The molecule has 0 aliphatic rings. The number of sulfonamides is 1. The number of pyridine rings is 1. The van der Waals surface area contributed by atoms with Crippen LogP contribution in [0.4, 0.5) is 5.82 Å². The van der Waals surface area contributed by atoms with E-state index in [-0.39, 0.29) is 4.90 Å². The van der Waals surface area contributed by atoms with E-state index in [1.54, 1.807) is 12.1 Å². The second-order valence-electron chi connectivity index (χ2n) is 4.21. The fraction of sp³-hybridized carbons (Fsp3) is 0.154. The lowest BCUT2D eigenvalue weighted by Crippen LogP contribution is -2.12. The van der Waals surface area contributed by atoms with Crippen molar-refractivity contribution in [2.75, 3.05) is 5.32 Å². The minimum absolute atomic E-state index is 0.115. The normalized spacial score (nSPS) is 11.3. The van der Waals surface area contributed by atoms with Crippen LogP contribution in [-0.2, 0) is 16.6 Å². The summed E-state index contributed by atoms with van der Waals surface area (Å²) in [6.07, 6.45) is 0. The van der Waals surface area contributed by atoms with E-state index in [0.717, 1.165) is 17.1 Å². The number of anilines is 1. The summed E-state index contributed by atoms with van der Waals surface area (Å²) in [5, 5.41) is 8.23. The lowest BCUT2D eigenvalue weighted by Gasteiger charge is -2.07. The molecular weight excluding hydrogens is 262 g/mol. The summed E-state index contributed by atoms with van der Waals surface area (Å²) in [6.45, 7) is 2.40. The molecule has 1 aromatic heterocycles. The minimum atomic E-state index is -3.66. The van der Waals surface area contributed by atoms with Gasteiger partial charge in [0, 0.05) is 12.2 Å². The molecule has 2 rings (SSSR count). The van der Waals surface area contributed by atoms with Crippen molar-refractivity contribution in [2.24, 2.45) is 5.14 Å². The Bertz CT molecular complexity index is 684. The van der Waals surface area contributed by atoms with Crippen molar-refractivity contribution < 1.29 is 8.42 Å². The van der Waals surface area contributed by atoms with Crippen molar-refractivity contribution >= 4 is 15.8 Å². The lowest BCUT2D eigenvalue weighted by atomic mass is 10.2. The first-order chi connectivity index (χ1) is 8.95. The maximum Gasteiger partial charge on any atom is 0.238 e. The van der Waals surface area contributed by atoms with Gasteiger partial charge in [-0.15, -0.1) is 0 Å². The van der Waals surface area contributed by atoms with Crippen molar-refractivity contribution in [3.05, 3.63) is 53.7 Å². The summed E-state index contributed by atoms with van der Waals surface area (Å²) in [6, 6.07) is 12.2. The van der Waals surface area contributed by atoms with Gasteiger partial charge in [0.25, 0.3) is 0 Å². The number of hydrogen-bond donors (Lipinski definition) is 2. The maximum atomic E-state index is 11.2. The van der Waals surface area contributed by atoms with Crippen molar-refractivity contribution in [1.29, 1.82) is 0 Å². The van der Waals surface area contributed by atoms with E-state index in [2.05, 4.69) is 10.3 Å². The van der Waals surface area contributed by atoms with Gasteiger partial charge in [-0.2, -0.15) is 0 Å². The summed E-state index contributed by atoms with van der Waals surface area (Å²) in [7, 11) is -3.66. The van der Waals surface area contributed by atoms with Gasteiger partial charge in [-0.3, -0.25) is 0 Å². The molecule has 0 atom stereocenters. The standard InChI is InChI=1S/C13H15N3O2S/c1-10-4-2-7-13(16-10)15-9-11-5-3-6-12(8-11)19(14,17)18/h2-8H,9H2,1H3,(H,15,16)(H2,14,17,18). The Labute approximate surface area is 112 Å². The highest BCUT2D eigenvalue weighted by Gasteiger charge is 2.07. The SMILES string of the molecule is Cc1cccc(NCc2cccc(S(N)(=O)=O)c2)n1.